The summed E-state index contributed by atoms with van der Waals surface area (Å²) in [5, 5.41) is 10.2. The summed E-state index contributed by atoms with van der Waals surface area (Å²) in [6.45, 7) is 2.05. The summed E-state index contributed by atoms with van der Waals surface area (Å²) in [6, 6.07) is 3.03. The van der Waals surface area contributed by atoms with Crippen LogP contribution in [-0.4, -0.2) is 48.6 Å². The Morgan fingerprint density at radius 1 is 1.47 bits per heavy atom. The van der Waals surface area contributed by atoms with Crippen LogP contribution in [0.2, 0.25) is 5.15 Å². The Hall–Kier alpha value is -1.24. The zero-order chi connectivity index (χ0) is 12.1. The van der Waals surface area contributed by atoms with Gasteiger partial charge in [-0.15, -0.1) is 10.2 Å². The average Bonchev–Trinajstić information content (AvgIpc) is 2.38. The maximum atomic E-state index is 11.6. The number of carbonyl (C=O) groups is 1. The third-order valence-corrected chi connectivity index (χ3v) is 2.44. The Kier molecular flexibility index (Phi) is 4.24. The highest BCUT2D eigenvalue weighted by Crippen LogP contribution is 2.03. The van der Waals surface area contributed by atoms with Crippen LogP contribution in [0.1, 0.15) is 10.5 Å². The van der Waals surface area contributed by atoms with Gasteiger partial charge in [0, 0.05) is 6.54 Å². The second kappa shape index (κ2) is 5.90. The van der Waals surface area contributed by atoms with Crippen LogP contribution >= 0.6 is 11.6 Å². The number of rotatable bonds is 3. The van der Waals surface area contributed by atoms with Crippen LogP contribution < -0.4 is 5.32 Å². The Labute approximate surface area is 103 Å². The topological polar surface area (TPSA) is 73.3 Å². The number of halogens is 1. The lowest BCUT2D eigenvalue weighted by atomic mass is 10.3. The van der Waals surface area contributed by atoms with Gasteiger partial charge in [-0.1, -0.05) is 11.6 Å². The molecule has 0 aliphatic carbocycles. The van der Waals surface area contributed by atoms with Crippen molar-refractivity contribution in [2.75, 3.05) is 26.4 Å². The number of ether oxygens (including phenoxy) is 2. The zero-order valence-corrected chi connectivity index (χ0v) is 9.81. The predicted octanol–water partition coefficient (Wildman–Crippen LogP) is 0.275. The lowest BCUT2D eigenvalue weighted by molar-refractivity contribution is -0.0855. The monoisotopic (exact) mass is 257 g/mol. The molecule has 1 unspecified atom stereocenters. The molecule has 0 bridgehead atoms. The zero-order valence-electron chi connectivity index (χ0n) is 9.06. The molecule has 1 saturated heterocycles. The van der Waals surface area contributed by atoms with E-state index in [-0.39, 0.29) is 22.9 Å². The molecular formula is C10H12ClN3O3. The molecule has 1 fully saturated rings. The maximum absolute atomic E-state index is 11.6. The number of hydrogen-bond donors (Lipinski definition) is 1. The molecule has 0 spiro atoms. The first kappa shape index (κ1) is 12.2. The molecule has 0 radical (unpaired) electrons. The SMILES string of the molecule is O=C(NCC1COCCO1)c1ccc(Cl)nn1. The van der Waals surface area contributed by atoms with Crippen molar-refractivity contribution in [3.05, 3.63) is 23.0 Å². The molecule has 1 aliphatic rings. The van der Waals surface area contributed by atoms with Crippen LogP contribution in [-0.2, 0) is 9.47 Å². The fourth-order valence-corrected chi connectivity index (χ4v) is 1.49. The van der Waals surface area contributed by atoms with E-state index in [9.17, 15) is 4.79 Å². The summed E-state index contributed by atoms with van der Waals surface area (Å²) < 4.78 is 10.6. The van der Waals surface area contributed by atoms with Gasteiger partial charge in [0.05, 0.1) is 25.9 Å². The van der Waals surface area contributed by atoms with E-state index in [1.807, 2.05) is 0 Å². The van der Waals surface area contributed by atoms with Crippen molar-refractivity contribution >= 4 is 17.5 Å². The summed E-state index contributed by atoms with van der Waals surface area (Å²) in [5.41, 5.74) is 0.228. The minimum Gasteiger partial charge on any atom is -0.376 e. The number of amides is 1. The van der Waals surface area contributed by atoms with Gasteiger partial charge in [0.1, 0.15) is 0 Å². The van der Waals surface area contributed by atoms with Gasteiger partial charge in [-0.25, -0.2) is 0 Å². The van der Waals surface area contributed by atoms with E-state index in [4.69, 9.17) is 21.1 Å². The molecule has 1 amide bonds. The Bertz CT molecular complexity index is 379. The molecule has 1 N–H and O–H groups in total. The van der Waals surface area contributed by atoms with Crippen LogP contribution in [0, 0.1) is 0 Å². The minimum atomic E-state index is -0.302. The molecule has 1 atom stereocenters. The molecule has 1 aliphatic heterocycles. The smallest absolute Gasteiger partial charge is 0.271 e. The van der Waals surface area contributed by atoms with E-state index in [1.165, 1.54) is 12.1 Å². The van der Waals surface area contributed by atoms with Gasteiger partial charge in [-0.2, -0.15) is 0 Å². The lowest BCUT2D eigenvalue weighted by Crippen LogP contribution is -2.39. The fourth-order valence-electron chi connectivity index (χ4n) is 1.39. The highest BCUT2D eigenvalue weighted by molar-refractivity contribution is 6.29. The number of nitrogens with zero attached hydrogens (tertiary/aromatic N) is 2. The van der Waals surface area contributed by atoms with Crippen molar-refractivity contribution in [2.45, 2.75) is 6.10 Å². The molecule has 17 heavy (non-hydrogen) atoms. The van der Waals surface area contributed by atoms with Gasteiger partial charge < -0.3 is 14.8 Å². The van der Waals surface area contributed by atoms with Crippen LogP contribution in [0.5, 0.6) is 0 Å². The van der Waals surface area contributed by atoms with Gasteiger partial charge in [-0.3, -0.25) is 4.79 Å². The molecule has 0 aromatic carbocycles. The predicted molar refractivity (Wildman–Crippen MR) is 59.9 cm³/mol. The molecule has 6 nitrogen and oxygen atoms in total. The third kappa shape index (κ3) is 3.62. The van der Waals surface area contributed by atoms with Crippen molar-refractivity contribution in [2.24, 2.45) is 0 Å². The van der Waals surface area contributed by atoms with Gasteiger partial charge in [-0.05, 0) is 12.1 Å². The molecule has 0 saturated carbocycles. The quantitative estimate of drug-likeness (QED) is 0.842. The summed E-state index contributed by atoms with van der Waals surface area (Å²) in [5.74, 6) is -0.302. The summed E-state index contributed by atoms with van der Waals surface area (Å²) >= 11 is 5.57. The van der Waals surface area contributed by atoms with Crippen molar-refractivity contribution in [1.82, 2.24) is 15.5 Å². The first-order valence-electron chi connectivity index (χ1n) is 5.22. The highest BCUT2D eigenvalue weighted by atomic mass is 35.5. The van der Waals surface area contributed by atoms with E-state index in [0.29, 0.717) is 26.4 Å². The number of carbonyl (C=O) groups excluding carboxylic acids is 1. The largest absolute Gasteiger partial charge is 0.376 e. The molecule has 92 valence electrons. The fraction of sp³-hybridized carbons (Fsp3) is 0.500. The van der Waals surface area contributed by atoms with Crippen LogP contribution in [0.3, 0.4) is 0 Å². The van der Waals surface area contributed by atoms with Crippen molar-refractivity contribution in [3.63, 3.8) is 0 Å². The third-order valence-electron chi connectivity index (χ3n) is 2.24. The second-order valence-electron chi connectivity index (χ2n) is 3.52. The number of aromatic nitrogens is 2. The maximum Gasteiger partial charge on any atom is 0.271 e. The van der Waals surface area contributed by atoms with E-state index < -0.39 is 0 Å². The summed E-state index contributed by atoms with van der Waals surface area (Å²) in [7, 11) is 0. The molecule has 1 aromatic rings. The van der Waals surface area contributed by atoms with Crippen molar-refractivity contribution < 1.29 is 14.3 Å². The van der Waals surface area contributed by atoms with E-state index in [1.54, 1.807) is 0 Å². The van der Waals surface area contributed by atoms with Crippen LogP contribution in [0.25, 0.3) is 0 Å². The van der Waals surface area contributed by atoms with E-state index >= 15 is 0 Å². The Morgan fingerprint density at radius 3 is 3.00 bits per heavy atom. The Balaban J connectivity index is 1.82. The molecular weight excluding hydrogens is 246 g/mol. The molecule has 1 aromatic heterocycles. The molecule has 2 rings (SSSR count). The molecule has 7 heteroatoms. The normalized spacial score (nSPS) is 19.9. The van der Waals surface area contributed by atoms with Crippen molar-refractivity contribution in [1.29, 1.82) is 0 Å². The Morgan fingerprint density at radius 2 is 2.35 bits per heavy atom. The van der Waals surface area contributed by atoms with Crippen LogP contribution in [0.4, 0.5) is 0 Å². The van der Waals surface area contributed by atoms with Crippen LogP contribution in [0.15, 0.2) is 12.1 Å². The van der Waals surface area contributed by atoms with Gasteiger partial charge >= 0.3 is 0 Å². The second-order valence-corrected chi connectivity index (χ2v) is 3.91. The first-order valence-corrected chi connectivity index (χ1v) is 5.60. The first-order chi connectivity index (χ1) is 8.25. The van der Waals surface area contributed by atoms with E-state index in [0.717, 1.165) is 0 Å². The van der Waals surface area contributed by atoms with Gasteiger partial charge in [0.15, 0.2) is 10.8 Å². The number of hydrogen-bond acceptors (Lipinski definition) is 5. The number of nitrogens with one attached hydrogen (secondary N) is 1. The average molecular weight is 258 g/mol. The van der Waals surface area contributed by atoms with Gasteiger partial charge in [0.25, 0.3) is 5.91 Å². The standard InChI is InChI=1S/C10H12ClN3O3/c11-9-2-1-8(13-14-9)10(15)12-5-7-6-16-3-4-17-7/h1-2,7H,3-6H2,(H,12,15). The lowest BCUT2D eigenvalue weighted by Gasteiger charge is -2.22. The van der Waals surface area contributed by atoms with Gasteiger partial charge in [0.2, 0.25) is 0 Å². The summed E-state index contributed by atoms with van der Waals surface area (Å²) in [4.78, 5) is 11.6. The summed E-state index contributed by atoms with van der Waals surface area (Å²) in [6.07, 6.45) is -0.104. The van der Waals surface area contributed by atoms with Crippen molar-refractivity contribution in [3.8, 4) is 0 Å². The van der Waals surface area contributed by atoms with E-state index in [2.05, 4.69) is 15.5 Å². The highest BCUT2D eigenvalue weighted by Gasteiger charge is 2.16. The molecule has 2 heterocycles. The minimum absolute atomic E-state index is 0.104.